The standard InChI is InChI=1S/C20H21ClF3N5O2/c1-2-28(14-11-29(27-18(14)21)13-4-3-7-25-10-13)16-17(31)19(16)6-5-12(8-19)26-15(30)9-20(22,23)24/h3-4,7,10-12,16H,2,5-6,8-9H2,1H3,(H,26,30)/t12-,16?,19?/m1/s1. The molecule has 4 rings (SSSR count). The van der Waals surface area contributed by atoms with E-state index in [0.29, 0.717) is 31.5 Å². The molecular weight excluding hydrogens is 435 g/mol. The van der Waals surface area contributed by atoms with Gasteiger partial charge in [-0.2, -0.15) is 18.3 Å². The number of pyridine rings is 1. The predicted molar refractivity (Wildman–Crippen MR) is 107 cm³/mol. The summed E-state index contributed by atoms with van der Waals surface area (Å²) in [5, 5.41) is 6.98. The van der Waals surface area contributed by atoms with Gasteiger partial charge in [-0.25, -0.2) is 4.68 Å². The molecule has 1 amide bonds. The molecular formula is C20H21ClF3N5O2. The predicted octanol–water partition coefficient (Wildman–Crippen LogP) is 3.31. The Bertz CT molecular complexity index is 996. The number of halogens is 4. The van der Waals surface area contributed by atoms with Gasteiger partial charge < -0.3 is 10.2 Å². The van der Waals surface area contributed by atoms with Crippen molar-refractivity contribution >= 4 is 29.0 Å². The molecule has 11 heteroatoms. The number of nitrogens with zero attached hydrogens (tertiary/aromatic N) is 4. The van der Waals surface area contributed by atoms with Gasteiger partial charge in [-0.3, -0.25) is 14.6 Å². The zero-order valence-corrected chi connectivity index (χ0v) is 17.5. The van der Waals surface area contributed by atoms with Gasteiger partial charge in [-0.1, -0.05) is 11.6 Å². The summed E-state index contributed by atoms with van der Waals surface area (Å²) in [5.41, 5.74) is 0.649. The van der Waals surface area contributed by atoms with Crippen molar-refractivity contribution in [2.45, 2.75) is 50.9 Å². The molecule has 0 bridgehead atoms. The van der Waals surface area contributed by atoms with Crippen LogP contribution in [0.25, 0.3) is 5.69 Å². The molecule has 0 radical (unpaired) electrons. The van der Waals surface area contributed by atoms with Crippen molar-refractivity contribution in [3.05, 3.63) is 35.9 Å². The molecule has 7 nitrogen and oxygen atoms in total. The molecule has 2 saturated carbocycles. The molecule has 1 spiro atoms. The molecule has 2 aliphatic carbocycles. The summed E-state index contributed by atoms with van der Waals surface area (Å²) in [4.78, 5) is 30.4. The fraction of sp³-hybridized carbons (Fsp3) is 0.500. The summed E-state index contributed by atoms with van der Waals surface area (Å²) in [6.07, 6.45) is 0.248. The number of alkyl halides is 3. The van der Waals surface area contributed by atoms with E-state index in [-0.39, 0.29) is 10.9 Å². The Labute approximate surface area is 181 Å². The second kappa shape index (κ2) is 7.81. The number of likely N-dealkylation sites (N-methyl/N-ethyl adjacent to an activating group) is 1. The van der Waals surface area contributed by atoms with E-state index in [4.69, 9.17) is 11.6 Å². The van der Waals surface area contributed by atoms with Crippen LogP contribution in [0.15, 0.2) is 30.7 Å². The van der Waals surface area contributed by atoms with Gasteiger partial charge in [0.2, 0.25) is 5.91 Å². The lowest BCUT2D eigenvalue weighted by molar-refractivity contribution is -0.154. The van der Waals surface area contributed by atoms with Crippen molar-refractivity contribution in [1.29, 1.82) is 0 Å². The maximum absolute atomic E-state index is 12.8. The number of anilines is 1. The molecule has 2 aromatic rings. The van der Waals surface area contributed by atoms with Gasteiger partial charge in [-0.15, -0.1) is 0 Å². The lowest BCUT2D eigenvalue weighted by Gasteiger charge is -2.23. The van der Waals surface area contributed by atoms with E-state index in [1.54, 1.807) is 29.3 Å². The summed E-state index contributed by atoms with van der Waals surface area (Å²) in [6.45, 7) is 2.40. The highest BCUT2D eigenvalue weighted by Gasteiger charge is 2.69. The summed E-state index contributed by atoms with van der Waals surface area (Å²) in [6, 6.07) is 2.71. The minimum Gasteiger partial charge on any atom is -0.357 e. The Hall–Kier alpha value is -2.62. The first-order valence-corrected chi connectivity index (χ1v) is 10.3. The Kier molecular flexibility index (Phi) is 5.45. The monoisotopic (exact) mass is 455 g/mol. The SMILES string of the molecule is CCN(c1cn(-c2cccnc2)nc1Cl)C1C(=O)C12CC[C@@H](NC(=O)CC(F)(F)F)C2. The van der Waals surface area contributed by atoms with E-state index >= 15 is 0 Å². The van der Waals surface area contributed by atoms with Crippen LogP contribution in [-0.4, -0.2) is 51.3 Å². The first kappa shape index (κ1) is 21.6. The number of ketones is 1. The average molecular weight is 456 g/mol. The van der Waals surface area contributed by atoms with Crippen LogP contribution in [0.5, 0.6) is 0 Å². The van der Waals surface area contributed by atoms with Crippen LogP contribution >= 0.6 is 11.6 Å². The van der Waals surface area contributed by atoms with Crippen LogP contribution in [0.4, 0.5) is 18.9 Å². The molecule has 0 aliphatic heterocycles. The van der Waals surface area contributed by atoms with Gasteiger partial charge in [0, 0.05) is 18.8 Å². The number of aromatic nitrogens is 3. The maximum Gasteiger partial charge on any atom is 0.397 e. The van der Waals surface area contributed by atoms with Crippen LogP contribution in [0.3, 0.4) is 0 Å². The Morgan fingerprint density at radius 3 is 2.87 bits per heavy atom. The fourth-order valence-electron chi connectivity index (χ4n) is 4.59. The van der Waals surface area contributed by atoms with E-state index in [9.17, 15) is 22.8 Å². The third-order valence-corrected chi connectivity index (χ3v) is 6.25. The third kappa shape index (κ3) is 4.13. The summed E-state index contributed by atoms with van der Waals surface area (Å²) < 4.78 is 38.9. The topological polar surface area (TPSA) is 80.1 Å². The molecule has 31 heavy (non-hydrogen) atoms. The first-order valence-electron chi connectivity index (χ1n) is 9.97. The Morgan fingerprint density at radius 1 is 1.45 bits per heavy atom. The smallest absolute Gasteiger partial charge is 0.357 e. The second-order valence-electron chi connectivity index (χ2n) is 7.97. The summed E-state index contributed by atoms with van der Waals surface area (Å²) in [5.74, 6) is -1.04. The number of rotatable bonds is 6. The van der Waals surface area contributed by atoms with Gasteiger partial charge >= 0.3 is 6.18 Å². The highest BCUT2D eigenvalue weighted by Crippen LogP contribution is 2.58. The molecule has 0 saturated heterocycles. The van der Waals surface area contributed by atoms with E-state index in [1.165, 1.54) is 0 Å². The van der Waals surface area contributed by atoms with E-state index in [2.05, 4.69) is 15.4 Å². The van der Waals surface area contributed by atoms with Gasteiger partial charge in [0.15, 0.2) is 10.9 Å². The van der Waals surface area contributed by atoms with Crippen LogP contribution in [0.2, 0.25) is 5.15 Å². The number of carbonyl (C=O) groups is 2. The van der Waals surface area contributed by atoms with Crippen molar-refractivity contribution in [2.24, 2.45) is 5.41 Å². The quantitative estimate of drug-likeness (QED) is 0.723. The number of hydrogen-bond acceptors (Lipinski definition) is 5. The maximum atomic E-state index is 12.8. The van der Waals surface area contributed by atoms with Gasteiger partial charge in [0.05, 0.1) is 29.2 Å². The van der Waals surface area contributed by atoms with E-state index in [0.717, 1.165) is 5.69 Å². The van der Waals surface area contributed by atoms with E-state index < -0.39 is 36.0 Å². The Morgan fingerprint density at radius 2 is 2.23 bits per heavy atom. The number of amides is 1. The molecule has 3 atom stereocenters. The highest BCUT2D eigenvalue weighted by atomic mass is 35.5. The van der Waals surface area contributed by atoms with Gasteiger partial charge in [0.25, 0.3) is 0 Å². The van der Waals surface area contributed by atoms with Crippen LogP contribution < -0.4 is 10.2 Å². The lowest BCUT2D eigenvalue weighted by atomic mass is 10.0. The van der Waals surface area contributed by atoms with Crippen LogP contribution in [-0.2, 0) is 9.59 Å². The summed E-state index contributed by atoms with van der Waals surface area (Å²) >= 11 is 6.37. The number of Topliss-reactive ketones (excluding diaryl/α,β-unsaturated/α-hetero) is 1. The molecule has 166 valence electrons. The number of hydrogen-bond donors (Lipinski definition) is 1. The molecule has 2 heterocycles. The minimum absolute atomic E-state index is 0.0205. The van der Waals surface area contributed by atoms with Crippen molar-refractivity contribution in [1.82, 2.24) is 20.1 Å². The zero-order chi connectivity index (χ0) is 22.4. The minimum atomic E-state index is -4.55. The molecule has 2 aliphatic rings. The molecule has 2 unspecified atom stereocenters. The van der Waals surface area contributed by atoms with Crippen molar-refractivity contribution < 1.29 is 22.8 Å². The van der Waals surface area contributed by atoms with Gasteiger partial charge in [-0.05, 0) is 38.3 Å². The molecule has 0 aromatic carbocycles. The first-order chi connectivity index (χ1) is 14.6. The second-order valence-corrected chi connectivity index (χ2v) is 8.33. The summed E-state index contributed by atoms with van der Waals surface area (Å²) in [7, 11) is 0. The molecule has 1 N–H and O–H groups in total. The van der Waals surface area contributed by atoms with E-state index in [1.807, 2.05) is 17.9 Å². The van der Waals surface area contributed by atoms with Crippen LogP contribution in [0.1, 0.15) is 32.6 Å². The largest absolute Gasteiger partial charge is 0.397 e. The van der Waals surface area contributed by atoms with Gasteiger partial charge in [0.1, 0.15) is 12.5 Å². The van der Waals surface area contributed by atoms with Crippen LogP contribution in [0, 0.1) is 5.41 Å². The lowest BCUT2D eigenvalue weighted by Crippen LogP contribution is -2.36. The number of carbonyl (C=O) groups excluding carboxylic acids is 2. The van der Waals surface area contributed by atoms with Crippen molar-refractivity contribution in [3.63, 3.8) is 0 Å². The number of nitrogens with one attached hydrogen (secondary N) is 1. The highest BCUT2D eigenvalue weighted by molar-refractivity contribution is 6.32. The third-order valence-electron chi connectivity index (χ3n) is 5.98. The molecule has 2 fully saturated rings. The normalized spacial score (nSPS) is 25.1. The average Bonchev–Trinajstić information content (AvgIpc) is 3.03. The molecule has 2 aromatic heterocycles. The zero-order valence-electron chi connectivity index (χ0n) is 16.7. The van der Waals surface area contributed by atoms with Crippen molar-refractivity contribution in [2.75, 3.05) is 11.4 Å². The van der Waals surface area contributed by atoms with Crippen molar-refractivity contribution in [3.8, 4) is 5.69 Å². The Balaban J connectivity index is 1.48. The fourth-order valence-corrected chi connectivity index (χ4v) is 4.83.